The molecule has 0 fully saturated rings. The van der Waals surface area contributed by atoms with Crippen LogP contribution in [-0.4, -0.2) is 41.5 Å². The number of nitrogens with one attached hydrogen (secondary N) is 3. The number of anilines is 1. The normalized spacial score (nSPS) is 11.6. The summed E-state index contributed by atoms with van der Waals surface area (Å²) >= 11 is 0. The third-order valence-electron chi connectivity index (χ3n) is 2.63. The number of amides is 1. The SMILES string of the molecule is CC(=O)Nc1ccc(S(=O)(=O)NCCC[NH+](C)C)cc1. The molecular formula is C13H22N3O3S+. The molecule has 1 rings (SSSR count). The largest absolute Gasteiger partial charge is 0.340 e. The average Bonchev–Trinajstić information content (AvgIpc) is 2.34. The standard InChI is InChI=1S/C13H21N3O3S/c1-11(17)15-12-5-7-13(8-6-12)20(18,19)14-9-4-10-16(2)3/h5-8,14H,4,9-10H2,1-3H3,(H,15,17)/p+1. The molecule has 6 nitrogen and oxygen atoms in total. The van der Waals surface area contributed by atoms with Crippen LogP contribution in [0.15, 0.2) is 29.2 Å². The van der Waals surface area contributed by atoms with Crippen molar-refractivity contribution < 1.29 is 18.1 Å². The van der Waals surface area contributed by atoms with E-state index >= 15 is 0 Å². The summed E-state index contributed by atoms with van der Waals surface area (Å²) in [4.78, 5) is 12.4. The highest BCUT2D eigenvalue weighted by molar-refractivity contribution is 7.89. The van der Waals surface area contributed by atoms with Gasteiger partial charge in [-0.25, -0.2) is 13.1 Å². The van der Waals surface area contributed by atoms with Gasteiger partial charge in [0.1, 0.15) is 0 Å². The molecule has 7 heteroatoms. The van der Waals surface area contributed by atoms with Crippen molar-refractivity contribution >= 4 is 21.6 Å². The number of rotatable bonds is 7. The fraction of sp³-hybridized carbons (Fsp3) is 0.462. The van der Waals surface area contributed by atoms with E-state index in [0.717, 1.165) is 13.0 Å². The summed E-state index contributed by atoms with van der Waals surface area (Å²) in [6, 6.07) is 6.09. The summed E-state index contributed by atoms with van der Waals surface area (Å²) in [6.45, 7) is 2.73. The summed E-state index contributed by atoms with van der Waals surface area (Å²) in [5.74, 6) is -0.190. The molecule has 0 spiro atoms. The van der Waals surface area contributed by atoms with Gasteiger partial charge in [-0.1, -0.05) is 0 Å². The molecule has 0 saturated carbocycles. The molecule has 1 amide bonds. The molecule has 0 aliphatic heterocycles. The third kappa shape index (κ3) is 5.68. The van der Waals surface area contributed by atoms with Gasteiger partial charge in [-0.2, -0.15) is 0 Å². The first-order valence-corrected chi connectivity index (χ1v) is 7.96. The van der Waals surface area contributed by atoms with Crippen LogP contribution in [0.1, 0.15) is 13.3 Å². The molecule has 0 aromatic heterocycles. The van der Waals surface area contributed by atoms with E-state index in [9.17, 15) is 13.2 Å². The van der Waals surface area contributed by atoms with Crippen molar-refractivity contribution in [1.82, 2.24) is 4.72 Å². The van der Waals surface area contributed by atoms with Crippen LogP contribution in [0.3, 0.4) is 0 Å². The number of benzene rings is 1. The molecule has 0 atom stereocenters. The summed E-state index contributed by atoms with van der Waals surface area (Å²) < 4.78 is 26.6. The van der Waals surface area contributed by atoms with Crippen molar-refractivity contribution in [1.29, 1.82) is 0 Å². The van der Waals surface area contributed by atoms with E-state index < -0.39 is 10.0 Å². The molecule has 0 bridgehead atoms. The first-order valence-electron chi connectivity index (χ1n) is 6.47. The van der Waals surface area contributed by atoms with Crippen LogP contribution in [0.25, 0.3) is 0 Å². The topological polar surface area (TPSA) is 79.7 Å². The number of carbonyl (C=O) groups excluding carboxylic acids is 1. The van der Waals surface area contributed by atoms with E-state index in [-0.39, 0.29) is 10.8 Å². The lowest BCUT2D eigenvalue weighted by Crippen LogP contribution is -3.05. The lowest BCUT2D eigenvalue weighted by atomic mass is 10.3. The van der Waals surface area contributed by atoms with Crippen molar-refractivity contribution in [2.45, 2.75) is 18.2 Å². The van der Waals surface area contributed by atoms with Crippen molar-refractivity contribution in [3.8, 4) is 0 Å². The predicted octanol–water partition coefficient (Wildman–Crippen LogP) is -0.542. The zero-order valence-corrected chi connectivity index (χ0v) is 12.9. The molecule has 0 aliphatic carbocycles. The highest BCUT2D eigenvalue weighted by Gasteiger charge is 2.13. The molecular weight excluding hydrogens is 278 g/mol. The maximum atomic E-state index is 12.0. The van der Waals surface area contributed by atoms with Gasteiger partial charge in [-0.15, -0.1) is 0 Å². The molecule has 3 N–H and O–H groups in total. The van der Waals surface area contributed by atoms with E-state index in [1.54, 1.807) is 12.1 Å². The molecule has 0 saturated heterocycles. The summed E-state index contributed by atoms with van der Waals surface area (Å²) in [6.07, 6.45) is 0.783. The van der Waals surface area contributed by atoms with Gasteiger partial charge in [0.2, 0.25) is 15.9 Å². The Balaban J connectivity index is 2.61. The highest BCUT2D eigenvalue weighted by atomic mass is 32.2. The number of sulfonamides is 1. The summed E-state index contributed by atoms with van der Waals surface area (Å²) in [5.41, 5.74) is 0.577. The minimum atomic E-state index is -3.48. The monoisotopic (exact) mass is 300 g/mol. The van der Waals surface area contributed by atoms with Crippen molar-refractivity contribution in [2.24, 2.45) is 0 Å². The highest BCUT2D eigenvalue weighted by Crippen LogP contribution is 2.13. The lowest BCUT2D eigenvalue weighted by Gasteiger charge is -2.09. The second-order valence-corrected chi connectivity index (χ2v) is 6.68. The van der Waals surface area contributed by atoms with Crippen molar-refractivity contribution in [2.75, 3.05) is 32.5 Å². The minimum absolute atomic E-state index is 0.190. The Morgan fingerprint density at radius 3 is 2.30 bits per heavy atom. The first kappa shape index (κ1) is 16.6. The van der Waals surface area contributed by atoms with E-state index in [2.05, 4.69) is 10.0 Å². The van der Waals surface area contributed by atoms with Gasteiger partial charge in [0.05, 0.1) is 25.5 Å². The van der Waals surface area contributed by atoms with Crippen LogP contribution >= 0.6 is 0 Å². The Labute approximate surface area is 120 Å². The van der Waals surface area contributed by atoms with Gasteiger partial charge in [0, 0.05) is 25.6 Å². The second kappa shape index (κ2) is 7.37. The fourth-order valence-electron chi connectivity index (χ4n) is 1.65. The maximum absolute atomic E-state index is 12.0. The Hall–Kier alpha value is -1.44. The van der Waals surface area contributed by atoms with E-state index in [4.69, 9.17) is 0 Å². The number of carbonyl (C=O) groups is 1. The van der Waals surface area contributed by atoms with Gasteiger partial charge in [0.15, 0.2) is 0 Å². The molecule has 112 valence electrons. The Morgan fingerprint density at radius 1 is 1.20 bits per heavy atom. The molecule has 0 aliphatic rings. The van der Waals surface area contributed by atoms with Gasteiger partial charge in [0.25, 0.3) is 0 Å². The molecule has 0 unspecified atom stereocenters. The van der Waals surface area contributed by atoms with Crippen LogP contribution in [0.2, 0.25) is 0 Å². The van der Waals surface area contributed by atoms with Gasteiger partial charge in [-0.05, 0) is 24.3 Å². The van der Waals surface area contributed by atoms with Crippen molar-refractivity contribution in [3.05, 3.63) is 24.3 Å². The summed E-state index contributed by atoms with van der Waals surface area (Å²) in [5, 5.41) is 2.59. The molecule has 0 heterocycles. The van der Waals surface area contributed by atoms with Crippen LogP contribution in [0, 0.1) is 0 Å². The molecule has 1 aromatic carbocycles. The Morgan fingerprint density at radius 2 is 1.80 bits per heavy atom. The van der Waals surface area contributed by atoms with Crippen molar-refractivity contribution in [3.63, 3.8) is 0 Å². The number of hydrogen-bond acceptors (Lipinski definition) is 3. The molecule has 20 heavy (non-hydrogen) atoms. The van der Waals surface area contributed by atoms with Crippen LogP contribution < -0.4 is 14.9 Å². The second-order valence-electron chi connectivity index (χ2n) is 4.91. The number of quaternary nitrogens is 1. The zero-order valence-electron chi connectivity index (χ0n) is 12.1. The Bertz CT molecular complexity index is 538. The lowest BCUT2D eigenvalue weighted by molar-refractivity contribution is -0.858. The summed E-state index contributed by atoms with van der Waals surface area (Å²) in [7, 11) is 0.571. The van der Waals surface area contributed by atoms with Crippen LogP contribution in [-0.2, 0) is 14.8 Å². The third-order valence-corrected chi connectivity index (χ3v) is 4.11. The average molecular weight is 300 g/mol. The van der Waals surface area contributed by atoms with Gasteiger partial charge >= 0.3 is 0 Å². The zero-order chi connectivity index (χ0) is 15.2. The molecule has 1 aromatic rings. The number of hydrogen-bond donors (Lipinski definition) is 3. The van der Waals surface area contributed by atoms with Crippen LogP contribution in [0.4, 0.5) is 5.69 Å². The predicted molar refractivity (Wildman–Crippen MR) is 78.2 cm³/mol. The van der Waals surface area contributed by atoms with E-state index in [1.165, 1.54) is 24.0 Å². The van der Waals surface area contributed by atoms with E-state index in [0.29, 0.717) is 12.2 Å². The van der Waals surface area contributed by atoms with Crippen LogP contribution in [0.5, 0.6) is 0 Å². The fourth-order valence-corrected chi connectivity index (χ4v) is 2.73. The quantitative estimate of drug-likeness (QED) is 0.592. The minimum Gasteiger partial charge on any atom is -0.340 e. The Kier molecular flexibility index (Phi) is 6.12. The van der Waals surface area contributed by atoms with E-state index in [1.807, 2.05) is 14.1 Å². The molecule has 0 radical (unpaired) electrons. The first-order chi connectivity index (χ1) is 9.31. The smallest absolute Gasteiger partial charge is 0.240 e. The van der Waals surface area contributed by atoms with Gasteiger partial charge < -0.3 is 10.2 Å². The van der Waals surface area contributed by atoms with Gasteiger partial charge in [-0.3, -0.25) is 4.79 Å². The maximum Gasteiger partial charge on any atom is 0.240 e.